The lowest BCUT2D eigenvalue weighted by Gasteiger charge is -2.02. The molecular formula is C10H14N2O. The molecule has 0 amide bonds. The van der Waals surface area contributed by atoms with E-state index in [9.17, 15) is 4.79 Å². The fourth-order valence-electron chi connectivity index (χ4n) is 1.02. The first kappa shape index (κ1) is 9.84. The van der Waals surface area contributed by atoms with E-state index >= 15 is 0 Å². The van der Waals surface area contributed by atoms with E-state index < -0.39 is 0 Å². The Morgan fingerprint density at radius 3 is 2.77 bits per heavy atom. The van der Waals surface area contributed by atoms with Gasteiger partial charge in [0, 0.05) is 12.0 Å². The molecular weight excluding hydrogens is 164 g/mol. The summed E-state index contributed by atoms with van der Waals surface area (Å²) in [4.78, 5) is 11.5. The smallest absolute Gasteiger partial charge is 0.164 e. The first-order chi connectivity index (χ1) is 6.20. The van der Waals surface area contributed by atoms with Gasteiger partial charge >= 0.3 is 0 Å². The van der Waals surface area contributed by atoms with Crippen LogP contribution < -0.4 is 0 Å². The largest absolute Gasteiger partial charge is 0.294 e. The first-order valence-electron chi connectivity index (χ1n) is 4.50. The molecule has 1 rings (SSSR count). The maximum atomic E-state index is 11.5. The third kappa shape index (κ3) is 3.32. The molecule has 0 saturated heterocycles. The van der Waals surface area contributed by atoms with Gasteiger partial charge in [0.2, 0.25) is 0 Å². The Hall–Kier alpha value is -1.25. The number of hydrogen-bond acceptors (Lipinski definition) is 3. The van der Waals surface area contributed by atoms with Crippen molar-refractivity contribution in [1.29, 1.82) is 0 Å². The number of aromatic nitrogens is 2. The van der Waals surface area contributed by atoms with E-state index in [-0.39, 0.29) is 5.78 Å². The Labute approximate surface area is 78.2 Å². The molecule has 0 N–H and O–H groups in total. The van der Waals surface area contributed by atoms with Crippen molar-refractivity contribution < 1.29 is 4.79 Å². The summed E-state index contributed by atoms with van der Waals surface area (Å²) in [7, 11) is 0. The van der Waals surface area contributed by atoms with E-state index in [4.69, 9.17) is 0 Å². The summed E-state index contributed by atoms with van der Waals surface area (Å²) in [5.74, 6) is 0.724. The van der Waals surface area contributed by atoms with Crippen LogP contribution in [0.15, 0.2) is 18.5 Å². The number of Topliss-reactive ketones (excluding diaryl/α,β-unsaturated/α-hetero) is 1. The van der Waals surface area contributed by atoms with E-state index in [0.29, 0.717) is 17.9 Å². The van der Waals surface area contributed by atoms with Gasteiger partial charge in [0.25, 0.3) is 0 Å². The van der Waals surface area contributed by atoms with Gasteiger partial charge < -0.3 is 0 Å². The van der Waals surface area contributed by atoms with Crippen LogP contribution in [0.4, 0.5) is 0 Å². The lowest BCUT2D eigenvalue weighted by Crippen LogP contribution is -2.02. The van der Waals surface area contributed by atoms with Crippen molar-refractivity contribution in [3.05, 3.63) is 24.0 Å². The Bertz CT molecular complexity index is 270. The van der Waals surface area contributed by atoms with Crippen molar-refractivity contribution in [3.8, 4) is 0 Å². The van der Waals surface area contributed by atoms with Crippen LogP contribution in [-0.2, 0) is 0 Å². The van der Waals surface area contributed by atoms with Crippen LogP contribution in [0.2, 0.25) is 0 Å². The van der Waals surface area contributed by atoms with Gasteiger partial charge in [-0.2, -0.15) is 10.2 Å². The average molecular weight is 178 g/mol. The summed E-state index contributed by atoms with van der Waals surface area (Å²) in [6, 6.07) is 1.70. The summed E-state index contributed by atoms with van der Waals surface area (Å²) in [6.45, 7) is 4.22. The SMILES string of the molecule is CC(C)CCC(=O)c1ccnnc1. The second-order valence-corrected chi connectivity index (χ2v) is 3.49. The fraction of sp³-hybridized carbons (Fsp3) is 0.500. The highest BCUT2D eigenvalue weighted by molar-refractivity contribution is 5.95. The van der Waals surface area contributed by atoms with E-state index in [1.165, 1.54) is 6.20 Å². The minimum atomic E-state index is 0.156. The molecule has 0 radical (unpaired) electrons. The van der Waals surface area contributed by atoms with Gasteiger partial charge in [-0.1, -0.05) is 13.8 Å². The van der Waals surface area contributed by atoms with Crippen LogP contribution in [0.25, 0.3) is 0 Å². The molecule has 0 atom stereocenters. The van der Waals surface area contributed by atoms with E-state index in [1.807, 2.05) is 0 Å². The van der Waals surface area contributed by atoms with Gasteiger partial charge in [-0.25, -0.2) is 0 Å². The van der Waals surface area contributed by atoms with E-state index in [0.717, 1.165) is 6.42 Å². The molecule has 0 saturated carbocycles. The monoisotopic (exact) mass is 178 g/mol. The van der Waals surface area contributed by atoms with Crippen molar-refractivity contribution in [2.45, 2.75) is 26.7 Å². The van der Waals surface area contributed by atoms with Crippen LogP contribution in [0.3, 0.4) is 0 Å². The molecule has 13 heavy (non-hydrogen) atoms. The predicted octanol–water partition coefficient (Wildman–Crippen LogP) is 2.10. The lowest BCUT2D eigenvalue weighted by molar-refractivity contribution is 0.0975. The predicted molar refractivity (Wildman–Crippen MR) is 50.4 cm³/mol. The third-order valence-corrected chi connectivity index (χ3v) is 1.85. The number of rotatable bonds is 4. The van der Waals surface area contributed by atoms with Crippen LogP contribution >= 0.6 is 0 Å². The van der Waals surface area contributed by atoms with Crippen LogP contribution in [-0.4, -0.2) is 16.0 Å². The zero-order chi connectivity index (χ0) is 9.68. The highest BCUT2D eigenvalue weighted by Gasteiger charge is 2.06. The molecule has 1 aromatic heterocycles. The molecule has 0 aliphatic heterocycles. The van der Waals surface area contributed by atoms with E-state index in [1.54, 1.807) is 12.3 Å². The molecule has 70 valence electrons. The molecule has 3 heteroatoms. The highest BCUT2D eigenvalue weighted by atomic mass is 16.1. The molecule has 0 aliphatic carbocycles. The van der Waals surface area contributed by atoms with Crippen molar-refractivity contribution >= 4 is 5.78 Å². The molecule has 0 aromatic carbocycles. The van der Waals surface area contributed by atoms with Crippen molar-refractivity contribution in [3.63, 3.8) is 0 Å². The number of carbonyl (C=O) groups excluding carboxylic acids is 1. The van der Waals surface area contributed by atoms with Gasteiger partial charge in [0.1, 0.15) is 0 Å². The summed E-state index contributed by atoms with van der Waals surface area (Å²) >= 11 is 0. The Morgan fingerprint density at radius 1 is 1.46 bits per heavy atom. The molecule has 0 fully saturated rings. The van der Waals surface area contributed by atoms with Gasteiger partial charge in [-0.05, 0) is 18.4 Å². The van der Waals surface area contributed by atoms with E-state index in [2.05, 4.69) is 24.0 Å². The number of ketones is 1. The third-order valence-electron chi connectivity index (χ3n) is 1.85. The maximum Gasteiger partial charge on any atom is 0.164 e. The van der Waals surface area contributed by atoms with Crippen molar-refractivity contribution in [2.24, 2.45) is 5.92 Å². The summed E-state index contributed by atoms with van der Waals surface area (Å²) in [5.41, 5.74) is 0.663. The maximum absolute atomic E-state index is 11.5. The van der Waals surface area contributed by atoms with Gasteiger partial charge in [0.05, 0.1) is 12.4 Å². The zero-order valence-corrected chi connectivity index (χ0v) is 8.03. The van der Waals surface area contributed by atoms with Crippen LogP contribution in [0.1, 0.15) is 37.0 Å². The summed E-state index contributed by atoms with van der Waals surface area (Å²) < 4.78 is 0. The molecule has 0 aliphatic rings. The Balaban J connectivity index is 2.50. The molecule has 0 bridgehead atoms. The molecule has 0 spiro atoms. The zero-order valence-electron chi connectivity index (χ0n) is 8.03. The quantitative estimate of drug-likeness (QED) is 0.663. The molecule has 1 heterocycles. The second kappa shape index (κ2) is 4.70. The number of carbonyl (C=O) groups is 1. The minimum Gasteiger partial charge on any atom is -0.294 e. The fourth-order valence-corrected chi connectivity index (χ4v) is 1.02. The minimum absolute atomic E-state index is 0.156. The van der Waals surface area contributed by atoms with Gasteiger partial charge in [-0.15, -0.1) is 0 Å². The standard InChI is InChI=1S/C10H14N2O/c1-8(2)3-4-10(13)9-5-6-11-12-7-9/h5-8H,3-4H2,1-2H3. The Morgan fingerprint density at radius 2 is 2.23 bits per heavy atom. The molecule has 1 aromatic rings. The number of nitrogens with zero attached hydrogens (tertiary/aromatic N) is 2. The highest BCUT2D eigenvalue weighted by Crippen LogP contribution is 2.08. The Kier molecular flexibility index (Phi) is 3.55. The average Bonchev–Trinajstić information content (AvgIpc) is 2.15. The normalized spacial score (nSPS) is 10.4. The summed E-state index contributed by atoms with van der Waals surface area (Å²) in [6.07, 6.45) is 4.59. The van der Waals surface area contributed by atoms with Crippen molar-refractivity contribution in [2.75, 3.05) is 0 Å². The molecule has 0 unspecified atom stereocenters. The second-order valence-electron chi connectivity index (χ2n) is 3.49. The van der Waals surface area contributed by atoms with Gasteiger partial charge in [-0.3, -0.25) is 4.79 Å². The number of hydrogen-bond donors (Lipinski definition) is 0. The van der Waals surface area contributed by atoms with Crippen molar-refractivity contribution in [1.82, 2.24) is 10.2 Å². The van der Waals surface area contributed by atoms with Gasteiger partial charge in [0.15, 0.2) is 5.78 Å². The van der Waals surface area contributed by atoms with Crippen LogP contribution in [0.5, 0.6) is 0 Å². The first-order valence-corrected chi connectivity index (χ1v) is 4.50. The summed E-state index contributed by atoms with van der Waals surface area (Å²) in [5, 5.41) is 7.28. The molecule has 3 nitrogen and oxygen atoms in total. The van der Waals surface area contributed by atoms with Crippen LogP contribution in [0, 0.1) is 5.92 Å². The topological polar surface area (TPSA) is 42.9 Å². The lowest BCUT2D eigenvalue weighted by atomic mass is 10.0.